The summed E-state index contributed by atoms with van der Waals surface area (Å²) in [5.41, 5.74) is 0. The summed E-state index contributed by atoms with van der Waals surface area (Å²) >= 11 is 0. The predicted octanol–water partition coefficient (Wildman–Crippen LogP) is 1.98. The number of hydrogen-bond donors (Lipinski definition) is 1. The van der Waals surface area contributed by atoms with Gasteiger partial charge in [0.2, 0.25) is 0 Å². The fourth-order valence-corrected chi connectivity index (χ4v) is 2.32. The summed E-state index contributed by atoms with van der Waals surface area (Å²) in [6.45, 7) is 10.3. The number of carbonyl (C=O) groups excluding carboxylic acids is 1. The van der Waals surface area contributed by atoms with Gasteiger partial charge in [-0.05, 0) is 32.2 Å². The lowest BCUT2D eigenvalue weighted by atomic mass is 10.0. The minimum atomic E-state index is -0.147. The van der Waals surface area contributed by atoms with Crippen molar-refractivity contribution in [1.29, 1.82) is 0 Å². The maximum atomic E-state index is 12.1. The zero-order chi connectivity index (χ0) is 13.5. The van der Waals surface area contributed by atoms with E-state index in [2.05, 4.69) is 26.1 Å². The van der Waals surface area contributed by atoms with E-state index in [-0.39, 0.29) is 24.0 Å². The summed E-state index contributed by atoms with van der Waals surface area (Å²) < 4.78 is 10.9. The lowest BCUT2D eigenvalue weighted by Crippen LogP contribution is -2.41. The first kappa shape index (κ1) is 15.4. The molecule has 0 spiro atoms. The highest BCUT2D eigenvalue weighted by atomic mass is 16.5. The van der Waals surface area contributed by atoms with E-state index < -0.39 is 0 Å². The highest BCUT2D eigenvalue weighted by molar-refractivity contribution is 5.74. The van der Waals surface area contributed by atoms with E-state index >= 15 is 0 Å². The highest BCUT2D eigenvalue weighted by Crippen LogP contribution is 2.18. The van der Waals surface area contributed by atoms with Crippen LogP contribution in [0.4, 0.5) is 0 Å². The molecule has 1 rings (SSSR count). The molecule has 18 heavy (non-hydrogen) atoms. The third-order valence-electron chi connectivity index (χ3n) is 3.16. The Morgan fingerprint density at radius 1 is 1.39 bits per heavy atom. The summed E-state index contributed by atoms with van der Waals surface area (Å²) in [5.74, 6) is 0.280. The predicted molar refractivity (Wildman–Crippen MR) is 71.4 cm³/mol. The first-order valence-corrected chi connectivity index (χ1v) is 7.06. The summed E-state index contributed by atoms with van der Waals surface area (Å²) in [4.78, 5) is 12.1. The maximum absolute atomic E-state index is 12.1. The van der Waals surface area contributed by atoms with Gasteiger partial charge < -0.3 is 14.8 Å². The first-order chi connectivity index (χ1) is 8.54. The molecule has 0 radical (unpaired) electrons. The second-order valence-electron chi connectivity index (χ2n) is 5.58. The monoisotopic (exact) mass is 257 g/mol. The van der Waals surface area contributed by atoms with Gasteiger partial charge in [-0.15, -0.1) is 0 Å². The number of nitrogens with one attached hydrogen (secondary N) is 1. The van der Waals surface area contributed by atoms with Crippen molar-refractivity contribution in [3.63, 3.8) is 0 Å². The van der Waals surface area contributed by atoms with Gasteiger partial charge in [0, 0.05) is 6.04 Å². The Morgan fingerprint density at radius 2 is 2.11 bits per heavy atom. The minimum absolute atomic E-state index is 0.00933. The van der Waals surface area contributed by atoms with E-state index in [1.54, 1.807) is 0 Å². The Balaban J connectivity index is 2.39. The molecule has 4 nitrogen and oxygen atoms in total. The highest BCUT2D eigenvalue weighted by Gasteiger charge is 2.35. The molecule has 0 aliphatic carbocycles. The Hall–Kier alpha value is -0.610. The van der Waals surface area contributed by atoms with Gasteiger partial charge in [0.05, 0.1) is 25.2 Å². The normalized spacial score (nSPS) is 25.4. The molecule has 3 atom stereocenters. The molecule has 1 aliphatic rings. The largest absolute Gasteiger partial charge is 0.462 e. The number of hydrogen-bond acceptors (Lipinski definition) is 4. The fraction of sp³-hybridized carbons (Fsp3) is 0.929. The maximum Gasteiger partial charge on any atom is 0.313 e. The third kappa shape index (κ3) is 4.94. The molecule has 0 aromatic carbocycles. The first-order valence-electron chi connectivity index (χ1n) is 7.06. The second-order valence-corrected chi connectivity index (χ2v) is 5.58. The fourth-order valence-electron chi connectivity index (χ4n) is 2.32. The van der Waals surface area contributed by atoms with Gasteiger partial charge >= 0.3 is 5.97 Å². The molecule has 0 amide bonds. The van der Waals surface area contributed by atoms with E-state index in [1.165, 1.54) is 0 Å². The number of carbonyl (C=O) groups is 1. The van der Waals surface area contributed by atoms with E-state index in [0.29, 0.717) is 19.1 Å². The molecule has 106 valence electrons. The van der Waals surface area contributed by atoms with Crippen LogP contribution in [-0.4, -0.2) is 37.9 Å². The average molecular weight is 257 g/mol. The van der Waals surface area contributed by atoms with Crippen molar-refractivity contribution in [3.05, 3.63) is 0 Å². The van der Waals surface area contributed by atoms with Gasteiger partial charge in [0.15, 0.2) is 0 Å². The van der Waals surface area contributed by atoms with Crippen molar-refractivity contribution in [2.45, 2.75) is 52.7 Å². The molecule has 1 aliphatic heterocycles. The lowest BCUT2D eigenvalue weighted by Gasteiger charge is -2.21. The van der Waals surface area contributed by atoms with E-state index in [1.807, 2.05) is 6.92 Å². The number of esters is 1. The molecular weight excluding hydrogens is 230 g/mol. The Bertz CT molecular complexity index is 255. The molecule has 1 saturated heterocycles. The lowest BCUT2D eigenvalue weighted by molar-refractivity contribution is -0.154. The smallest absolute Gasteiger partial charge is 0.313 e. The zero-order valence-corrected chi connectivity index (χ0v) is 12.1. The zero-order valence-electron chi connectivity index (χ0n) is 12.1. The van der Waals surface area contributed by atoms with Gasteiger partial charge in [0.1, 0.15) is 0 Å². The number of ether oxygens (including phenoxy) is 2. The second kappa shape index (κ2) is 7.74. The van der Waals surface area contributed by atoms with E-state index in [4.69, 9.17) is 9.47 Å². The van der Waals surface area contributed by atoms with Crippen LogP contribution in [0.15, 0.2) is 0 Å². The van der Waals surface area contributed by atoms with E-state index in [0.717, 1.165) is 19.4 Å². The topological polar surface area (TPSA) is 47.6 Å². The van der Waals surface area contributed by atoms with Gasteiger partial charge in [-0.3, -0.25) is 4.79 Å². The van der Waals surface area contributed by atoms with Crippen LogP contribution in [0.1, 0.15) is 40.5 Å². The van der Waals surface area contributed by atoms with E-state index in [9.17, 15) is 4.79 Å². The molecule has 0 saturated carbocycles. The van der Waals surface area contributed by atoms with Crippen LogP contribution in [0.3, 0.4) is 0 Å². The van der Waals surface area contributed by atoms with Crippen molar-refractivity contribution in [2.24, 2.45) is 11.8 Å². The average Bonchev–Trinajstić information content (AvgIpc) is 2.72. The van der Waals surface area contributed by atoms with Crippen LogP contribution < -0.4 is 5.32 Å². The number of rotatable bonds is 7. The summed E-state index contributed by atoms with van der Waals surface area (Å²) in [7, 11) is 0. The molecule has 4 heteroatoms. The SMILES string of the molecule is CCCNC1COCC1C(=O)OC(C)CC(C)C. The van der Waals surface area contributed by atoms with Crippen molar-refractivity contribution in [2.75, 3.05) is 19.8 Å². The Kier molecular flexibility index (Phi) is 6.65. The summed E-state index contributed by atoms with van der Waals surface area (Å²) in [5, 5.41) is 3.35. The third-order valence-corrected chi connectivity index (χ3v) is 3.16. The minimum Gasteiger partial charge on any atom is -0.462 e. The van der Waals surface area contributed by atoms with Crippen molar-refractivity contribution < 1.29 is 14.3 Å². The van der Waals surface area contributed by atoms with Gasteiger partial charge in [-0.25, -0.2) is 0 Å². The quantitative estimate of drug-likeness (QED) is 0.708. The van der Waals surface area contributed by atoms with Crippen LogP contribution in [-0.2, 0) is 14.3 Å². The Labute approximate surface area is 110 Å². The molecule has 0 aromatic rings. The van der Waals surface area contributed by atoms with Crippen molar-refractivity contribution >= 4 is 5.97 Å². The molecule has 0 aromatic heterocycles. The van der Waals surface area contributed by atoms with Crippen LogP contribution in [0, 0.1) is 11.8 Å². The Morgan fingerprint density at radius 3 is 2.72 bits per heavy atom. The van der Waals surface area contributed by atoms with Gasteiger partial charge in [-0.2, -0.15) is 0 Å². The molecular formula is C14H27NO3. The van der Waals surface area contributed by atoms with Crippen molar-refractivity contribution in [3.8, 4) is 0 Å². The van der Waals surface area contributed by atoms with Crippen LogP contribution in [0.5, 0.6) is 0 Å². The summed E-state index contributed by atoms with van der Waals surface area (Å²) in [6.07, 6.45) is 1.96. The van der Waals surface area contributed by atoms with Crippen LogP contribution in [0.2, 0.25) is 0 Å². The molecule has 3 unspecified atom stereocenters. The molecule has 1 N–H and O–H groups in total. The van der Waals surface area contributed by atoms with Gasteiger partial charge in [0.25, 0.3) is 0 Å². The van der Waals surface area contributed by atoms with Crippen LogP contribution >= 0.6 is 0 Å². The van der Waals surface area contributed by atoms with Crippen molar-refractivity contribution in [1.82, 2.24) is 5.32 Å². The standard InChI is InChI=1S/C14H27NO3/c1-5-6-15-13-9-17-8-12(13)14(16)18-11(4)7-10(2)3/h10-13,15H,5-9H2,1-4H3. The molecule has 1 heterocycles. The molecule has 0 bridgehead atoms. The molecule has 1 fully saturated rings. The van der Waals surface area contributed by atoms with Crippen LogP contribution in [0.25, 0.3) is 0 Å². The summed E-state index contributed by atoms with van der Waals surface area (Å²) in [6, 6.07) is 0.115. The van der Waals surface area contributed by atoms with Gasteiger partial charge in [-0.1, -0.05) is 20.8 Å².